The molecule has 2 aliphatic heterocycles. The summed E-state index contributed by atoms with van der Waals surface area (Å²) < 4.78 is 1.59. The van der Waals surface area contributed by atoms with Crippen LogP contribution in [0.2, 0.25) is 0 Å². The number of β-amino-alcohol motifs (C(OH)–C–C–N with tert-alkyl or cyclic N) is 1. The third-order valence-electron chi connectivity index (χ3n) is 7.06. The van der Waals surface area contributed by atoms with Gasteiger partial charge in [-0.15, -0.1) is 0 Å². The minimum Gasteiger partial charge on any atom is -0.388 e. The molecule has 1 aromatic heterocycles. The molecule has 186 valence electrons. The minimum atomic E-state index is -1.03. The summed E-state index contributed by atoms with van der Waals surface area (Å²) in [6.07, 6.45) is 4.49. The molecule has 1 saturated carbocycles. The first kappa shape index (κ1) is 23.2. The van der Waals surface area contributed by atoms with Crippen LogP contribution in [0.25, 0.3) is 0 Å². The van der Waals surface area contributed by atoms with Gasteiger partial charge in [-0.25, -0.2) is 4.79 Å². The quantitative estimate of drug-likeness (QED) is 0.524. The number of urea groups is 1. The maximum absolute atomic E-state index is 13.1. The van der Waals surface area contributed by atoms with Crippen molar-refractivity contribution in [2.45, 2.75) is 45.1 Å². The van der Waals surface area contributed by atoms with Gasteiger partial charge in [0.1, 0.15) is 12.4 Å². The van der Waals surface area contributed by atoms with Crippen LogP contribution in [0.3, 0.4) is 0 Å². The molecule has 1 saturated heterocycles. The molecule has 2 fully saturated rings. The lowest BCUT2D eigenvalue weighted by molar-refractivity contribution is -0.137. The molecule has 0 bridgehead atoms. The number of benzene rings is 1. The summed E-state index contributed by atoms with van der Waals surface area (Å²) in [7, 11) is 0. The van der Waals surface area contributed by atoms with Crippen LogP contribution in [0, 0.1) is 19.8 Å². The summed E-state index contributed by atoms with van der Waals surface area (Å²) in [5.74, 6) is 0.145. The summed E-state index contributed by atoms with van der Waals surface area (Å²) in [4.78, 5) is 41.3. The van der Waals surface area contributed by atoms with E-state index >= 15 is 0 Å². The molecular weight excluding hydrogens is 448 g/mol. The number of hydrogen-bond donors (Lipinski definition) is 4. The largest absolute Gasteiger partial charge is 0.388 e. The molecule has 0 radical (unpaired) electrons. The molecule has 1 aliphatic carbocycles. The Morgan fingerprint density at radius 2 is 1.89 bits per heavy atom. The number of anilines is 2. The molecule has 10 nitrogen and oxygen atoms in total. The molecule has 2 aromatic rings. The van der Waals surface area contributed by atoms with E-state index < -0.39 is 11.6 Å². The lowest BCUT2D eigenvalue weighted by Crippen LogP contribution is -2.56. The van der Waals surface area contributed by atoms with Gasteiger partial charge in [-0.1, -0.05) is 17.7 Å². The molecule has 0 unspecified atom stereocenters. The zero-order valence-electron chi connectivity index (χ0n) is 20.1. The fourth-order valence-corrected chi connectivity index (χ4v) is 4.83. The van der Waals surface area contributed by atoms with Gasteiger partial charge < -0.3 is 31.0 Å². The number of nitrogens with one attached hydrogen (secondary N) is 3. The summed E-state index contributed by atoms with van der Waals surface area (Å²) in [5.41, 5.74) is 5.76. The molecule has 35 heavy (non-hydrogen) atoms. The summed E-state index contributed by atoms with van der Waals surface area (Å²) in [6, 6.07) is 7.00. The number of hydrogen-bond acceptors (Lipinski definition) is 5. The second-order valence-corrected chi connectivity index (χ2v) is 10.0. The second-order valence-electron chi connectivity index (χ2n) is 10.0. The van der Waals surface area contributed by atoms with Crippen molar-refractivity contribution in [2.24, 2.45) is 5.92 Å². The average molecular weight is 481 g/mol. The van der Waals surface area contributed by atoms with Gasteiger partial charge in [-0.05, 0) is 57.2 Å². The highest BCUT2D eigenvalue weighted by molar-refractivity contribution is 6.02. The highest BCUT2D eigenvalue weighted by Crippen LogP contribution is 2.33. The first-order valence-electron chi connectivity index (χ1n) is 12.1. The molecule has 0 atom stereocenters. The van der Waals surface area contributed by atoms with Crippen molar-refractivity contribution < 1.29 is 19.5 Å². The normalized spacial score (nSPS) is 19.1. The Balaban J connectivity index is 1.18. The van der Waals surface area contributed by atoms with Crippen molar-refractivity contribution in [1.82, 2.24) is 14.5 Å². The van der Waals surface area contributed by atoms with E-state index in [0.29, 0.717) is 37.3 Å². The zero-order chi connectivity index (χ0) is 24.7. The first-order valence-corrected chi connectivity index (χ1v) is 12.1. The Labute approximate surface area is 204 Å². The second kappa shape index (κ2) is 8.92. The summed E-state index contributed by atoms with van der Waals surface area (Å²) in [6.45, 7) is 5.38. The molecule has 4 amide bonds. The van der Waals surface area contributed by atoms with Crippen LogP contribution in [0.4, 0.5) is 16.2 Å². The number of aliphatic hydroxyl groups is 1. The maximum atomic E-state index is 13.1. The van der Waals surface area contributed by atoms with Gasteiger partial charge >= 0.3 is 6.03 Å². The molecule has 10 heteroatoms. The molecule has 3 aliphatic rings. The Morgan fingerprint density at radius 1 is 1.14 bits per heavy atom. The topological polar surface area (TPSA) is 119 Å². The van der Waals surface area contributed by atoms with E-state index in [2.05, 4.69) is 16.1 Å². The highest BCUT2D eigenvalue weighted by Gasteiger charge is 2.41. The molecule has 0 spiro atoms. The van der Waals surface area contributed by atoms with Crippen molar-refractivity contribution >= 4 is 29.2 Å². The van der Waals surface area contributed by atoms with E-state index in [1.165, 1.54) is 0 Å². The van der Waals surface area contributed by atoms with E-state index in [1.54, 1.807) is 21.8 Å². The Kier molecular flexibility index (Phi) is 5.92. The third kappa shape index (κ3) is 4.97. The van der Waals surface area contributed by atoms with Gasteiger partial charge in [-0.3, -0.25) is 14.3 Å². The van der Waals surface area contributed by atoms with Gasteiger partial charge in [0, 0.05) is 24.7 Å². The predicted molar refractivity (Wildman–Crippen MR) is 132 cm³/mol. The lowest BCUT2D eigenvalue weighted by atomic mass is 9.90. The van der Waals surface area contributed by atoms with Crippen LogP contribution in [-0.2, 0) is 4.79 Å². The van der Waals surface area contributed by atoms with Crippen LogP contribution in [0.5, 0.6) is 0 Å². The maximum Gasteiger partial charge on any atom is 0.323 e. The zero-order valence-corrected chi connectivity index (χ0v) is 20.1. The highest BCUT2D eigenvalue weighted by atomic mass is 16.3. The van der Waals surface area contributed by atoms with E-state index in [9.17, 15) is 19.5 Å². The van der Waals surface area contributed by atoms with Crippen molar-refractivity contribution in [3.8, 4) is 0 Å². The van der Waals surface area contributed by atoms with Gasteiger partial charge in [-0.2, -0.15) is 0 Å². The van der Waals surface area contributed by atoms with Crippen molar-refractivity contribution in [3.63, 3.8) is 0 Å². The average Bonchev–Trinajstić information content (AvgIpc) is 3.58. The SMILES string of the molecule is Cc1ccc(NC(=O)Nc2cc3n(c2)NCN(CC2(O)CCN(C(=O)C4CC4)CC2)C3=O)c(C)c1. The smallest absolute Gasteiger partial charge is 0.323 e. The van der Waals surface area contributed by atoms with Crippen molar-refractivity contribution in [2.75, 3.05) is 42.4 Å². The number of likely N-dealkylation sites (tertiary alicyclic amines) is 1. The van der Waals surface area contributed by atoms with E-state index in [0.717, 1.165) is 29.7 Å². The molecule has 5 rings (SSSR count). The van der Waals surface area contributed by atoms with Crippen molar-refractivity contribution in [3.05, 3.63) is 47.3 Å². The number of rotatable bonds is 5. The van der Waals surface area contributed by atoms with Crippen LogP contribution in [-0.4, -0.2) is 69.3 Å². The number of aromatic nitrogens is 1. The Hall–Kier alpha value is -3.53. The van der Waals surface area contributed by atoms with Crippen LogP contribution < -0.4 is 16.1 Å². The van der Waals surface area contributed by atoms with E-state index in [-0.39, 0.29) is 30.9 Å². The number of aryl methyl sites for hydroxylation is 2. The number of nitrogens with zero attached hydrogens (tertiary/aromatic N) is 3. The van der Waals surface area contributed by atoms with Crippen LogP contribution in [0.15, 0.2) is 30.5 Å². The fourth-order valence-electron chi connectivity index (χ4n) is 4.83. The van der Waals surface area contributed by atoms with Gasteiger partial charge in [0.25, 0.3) is 5.91 Å². The van der Waals surface area contributed by atoms with Crippen molar-refractivity contribution in [1.29, 1.82) is 0 Å². The van der Waals surface area contributed by atoms with Crippen LogP contribution in [0.1, 0.15) is 47.3 Å². The number of amides is 4. The van der Waals surface area contributed by atoms with Gasteiger partial charge in [0.2, 0.25) is 5.91 Å². The van der Waals surface area contributed by atoms with E-state index in [4.69, 9.17) is 0 Å². The lowest BCUT2D eigenvalue weighted by Gasteiger charge is -2.42. The number of carbonyl (C=O) groups is 3. The molecule has 1 aromatic carbocycles. The van der Waals surface area contributed by atoms with Gasteiger partial charge in [0.15, 0.2) is 0 Å². The molecule has 4 N–H and O–H groups in total. The Bertz CT molecular complexity index is 1160. The predicted octanol–water partition coefficient (Wildman–Crippen LogP) is 2.47. The summed E-state index contributed by atoms with van der Waals surface area (Å²) >= 11 is 0. The monoisotopic (exact) mass is 480 g/mol. The Morgan fingerprint density at radius 3 is 2.57 bits per heavy atom. The molecule has 3 heterocycles. The minimum absolute atomic E-state index is 0.174. The standard InChI is InChI=1S/C25H32N6O4/c1-16-3-6-20(17(2)11-16)28-24(34)27-19-12-21-23(33)30(15-26-31(21)13-19)14-25(35)7-9-29(10-8-25)22(32)18-4-5-18/h3,6,11-13,18,26,35H,4-5,7-10,14-15H2,1-2H3,(H2,27,28,34). The first-order chi connectivity index (χ1) is 16.7. The fraction of sp³-hybridized carbons (Fsp3) is 0.480. The number of piperidine rings is 1. The third-order valence-corrected chi connectivity index (χ3v) is 7.06. The number of carbonyl (C=O) groups excluding carboxylic acids is 3. The summed E-state index contributed by atoms with van der Waals surface area (Å²) in [5, 5.41) is 16.7. The number of fused-ring (bicyclic) bond motifs is 1. The van der Waals surface area contributed by atoms with E-state index in [1.807, 2.05) is 36.9 Å². The molecular formula is C25H32N6O4. The van der Waals surface area contributed by atoms with Crippen LogP contribution >= 0.6 is 0 Å². The van der Waals surface area contributed by atoms with Gasteiger partial charge in [0.05, 0.1) is 24.0 Å².